The molecule has 0 spiro atoms. The monoisotopic (exact) mass is 1800 g/mol. The molecule has 8 heterocycles. The summed E-state index contributed by atoms with van der Waals surface area (Å²) in [5.74, 6) is 0. The first-order valence-corrected chi connectivity index (χ1v) is 49.6. The van der Waals surface area contributed by atoms with Gasteiger partial charge in [-0.1, -0.05) is 279 Å². The van der Waals surface area contributed by atoms with Gasteiger partial charge in [0.2, 0.25) is 19.7 Å². The number of rotatable bonds is 12. The zero-order valence-corrected chi connectivity index (χ0v) is 75.6. The van der Waals surface area contributed by atoms with Crippen LogP contribution in [-0.4, -0.2) is 44.2 Å². The van der Waals surface area contributed by atoms with Gasteiger partial charge in [0.1, 0.15) is 0 Å². The Morgan fingerprint density at radius 1 is 0.123 bits per heavy atom. The van der Waals surface area contributed by atoms with Crippen LogP contribution in [-0.2, 0) is 19.7 Å². The smallest absolute Gasteiger partial charge is 0.207 e. The van der Waals surface area contributed by atoms with Crippen LogP contribution >= 0.6 is 0 Å². The van der Waals surface area contributed by atoms with Gasteiger partial charge in [-0.15, -0.1) is 0 Å². The normalized spacial score (nSPS) is 13.2. The molecule has 138 heavy (non-hydrogen) atoms. The Labute approximate surface area is 792 Å². The van der Waals surface area contributed by atoms with Crippen LogP contribution in [0.15, 0.2) is 481 Å². The first-order valence-electron chi connectivity index (χ1n) is 46.6. The number of sulfone groups is 2. The number of fused-ring (bicyclic) bond motifs is 24. The minimum atomic E-state index is -3.77. The number of aromatic nitrogens is 6. The Bertz CT molecular complexity index is 9120. The van der Waals surface area contributed by atoms with E-state index in [1.165, 1.54) is 43.1 Å². The summed E-state index contributed by atoms with van der Waals surface area (Å²) >= 11 is 0. The minimum Gasteiger partial charge on any atom is -0.309 e. The molecule has 0 amide bonds. The van der Waals surface area contributed by atoms with Crippen LogP contribution in [0.5, 0.6) is 0 Å². The van der Waals surface area contributed by atoms with Crippen molar-refractivity contribution in [2.45, 2.75) is 19.6 Å². The molecule has 0 atom stereocenters. The fourth-order valence-corrected chi connectivity index (χ4v) is 26.5. The van der Waals surface area contributed by atoms with Crippen molar-refractivity contribution in [2.24, 2.45) is 0 Å². The highest BCUT2D eigenvalue weighted by atomic mass is 32.2. The molecule has 29 rings (SSSR count). The van der Waals surface area contributed by atoms with E-state index in [1.807, 2.05) is 60.7 Å². The van der Waals surface area contributed by atoms with E-state index in [1.54, 1.807) is 24.3 Å². The highest BCUT2D eigenvalue weighted by Gasteiger charge is 2.36. The standard InChI is InChI=1S/C126H76N6O4S2/c133-137(134)123-39-19-9-29-99(123)101-63-53-83(69-125(101)137)77-41-45-79(46-42-77)103-76-106(82-51-57-86(58-52-82)128-121-67-61-89(131-115-35-15-5-25-95(115)96-26-6-16-36-116(96)131)73-109(121)110-74-90(62-68-122(110)128)132-117-37-17-7-27-97(117)98-28-8-18-38-118(98)132)104(80-47-43-78(44-48-80)84-54-64-102-100-30-10-20-40-124(100)138(135,136)126(102)70-84)75-105(103)81-49-55-85(56-50-81)127-119-65-59-87(129-111-31-11-1-21-91(111)92-22-2-12-32-112(92)129)71-107(119)108-72-88(60-66-120(108)127)130-113-33-13-3-23-93(113)94-24-4-14-34-114(94)130/h1-76H. The number of benzene rings is 21. The largest absolute Gasteiger partial charge is 0.309 e. The van der Waals surface area contributed by atoms with Crippen LogP contribution < -0.4 is 0 Å². The maximum absolute atomic E-state index is 14.4. The Hall–Kier alpha value is -17.7. The molecule has 6 aromatic heterocycles. The second-order valence-corrected chi connectivity index (χ2v) is 40.3. The number of hydrogen-bond acceptors (Lipinski definition) is 4. The van der Waals surface area contributed by atoms with E-state index in [0.717, 1.165) is 200 Å². The lowest BCUT2D eigenvalue weighted by Gasteiger charge is -2.20. The third-order valence-corrected chi connectivity index (χ3v) is 33.1. The molecule has 0 aliphatic carbocycles. The van der Waals surface area contributed by atoms with Gasteiger partial charge in [0.15, 0.2) is 0 Å². The van der Waals surface area contributed by atoms with Crippen LogP contribution in [0, 0.1) is 0 Å². The summed E-state index contributed by atoms with van der Waals surface area (Å²) in [7, 11) is -7.54. The van der Waals surface area contributed by atoms with E-state index < -0.39 is 19.7 Å². The van der Waals surface area contributed by atoms with Crippen LogP contribution in [0.3, 0.4) is 0 Å². The van der Waals surface area contributed by atoms with Gasteiger partial charge in [0, 0.05) is 121 Å². The molecule has 0 saturated heterocycles. The zero-order valence-electron chi connectivity index (χ0n) is 74.0. The van der Waals surface area contributed by atoms with Gasteiger partial charge in [0.05, 0.1) is 85.8 Å². The zero-order chi connectivity index (χ0) is 91.1. The first kappa shape index (κ1) is 77.9. The Kier molecular flexibility index (Phi) is 16.6. The third kappa shape index (κ3) is 11.4. The van der Waals surface area contributed by atoms with Gasteiger partial charge in [-0.05, 0) is 249 Å². The van der Waals surface area contributed by atoms with Gasteiger partial charge in [-0.3, -0.25) is 0 Å². The average molecular weight is 1800 g/mol. The van der Waals surface area contributed by atoms with Crippen molar-refractivity contribution in [1.29, 1.82) is 0 Å². The Morgan fingerprint density at radius 3 is 0.572 bits per heavy atom. The van der Waals surface area contributed by atoms with Crippen molar-refractivity contribution in [3.8, 4) is 123 Å². The highest BCUT2D eigenvalue weighted by molar-refractivity contribution is 7.92. The molecule has 0 radical (unpaired) electrons. The van der Waals surface area contributed by atoms with E-state index in [2.05, 4.69) is 404 Å². The molecular formula is C126H76N6O4S2. The first-order chi connectivity index (χ1) is 67.9. The van der Waals surface area contributed by atoms with Crippen molar-refractivity contribution in [1.82, 2.24) is 27.4 Å². The molecule has 0 fully saturated rings. The number of hydrogen-bond donors (Lipinski definition) is 0. The predicted octanol–water partition coefficient (Wildman–Crippen LogP) is 31.9. The molecule has 21 aromatic carbocycles. The van der Waals surface area contributed by atoms with Crippen molar-refractivity contribution in [2.75, 3.05) is 0 Å². The number of para-hydroxylation sites is 8. The lowest BCUT2D eigenvalue weighted by atomic mass is 9.85. The molecule has 646 valence electrons. The fourth-order valence-electron chi connectivity index (χ4n) is 23.1. The molecule has 12 heteroatoms. The topological polar surface area (TPSA) is 97.9 Å². The van der Waals surface area contributed by atoms with E-state index >= 15 is 0 Å². The molecule has 0 bridgehead atoms. The van der Waals surface area contributed by atoms with Gasteiger partial charge in [-0.25, -0.2) is 16.8 Å². The summed E-state index contributed by atoms with van der Waals surface area (Å²) in [4.78, 5) is 1.27. The Morgan fingerprint density at radius 2 is 0.312 bits per heavy atom. The molecule has 0 unspecified atom stereocenters. The summed E-state index contributed by atoms with van der Waals surface area (Å²) in [6.07, 6.45) is 0. The SMILES string of the molecule is O=S1(=O)c2ccccc2-c2ccc(-c3ccc(-c4cc(-c5ccc(-n6c7ccc(-n8c9ccccc9c9ccccc98)cc7c7cc(-n8c9ccccc9c9ccccc98)ccc76)cc5)c(-c5ccc(-c6ccc7c(c6)S(=O)(=O)c6ccccc6-7)cc5)cc4-c4ccc(-n5c6ccc(-n7c8ccccc8c8ccccc87)cc6c6cc(-n7c8ccccc8c8ccccc87)ccc65)cc4)cc3)cc21. The summed E-state index contributed by atoms with van der Waals surface area (Å²) < 4.78 is 71.9. The molecule has 2 aliphatic rings. The summed E-state index contributed by atoms with van der Waals surface area (Å²) in [6, 6.07) is 164. The summed E-state index contributed by atoms with van der Waals surface area (Å²) in [6.45, 7) is 0. The van der Waals surface area contributed by atoms with Crippen molar-refractivity contribution >= 4 is 151 Å². The van der Waals surface area contributed by atoms with Gasteiger partial charge >= 0.3 is 0 Å². The fraction of sp³-hybridized carbons (Fsp3) is 0. The third-order valence-electron chi connectivity index (χ3n) is 29.4. The van der Waals surface area contributed by atoms with Gasteiger partial charge in [-0.2, -0.15) is 0 Å². The lowest BCUT2D eigenvalue weighted by Crippen LogP contribution is -1.97. The maximum atomic E-state index is 14.4. The van der Waals surface area contributed by atoms with Gasteiger partial charge < -0.3 is 27.4 Å². The number of nitrogens with zero attached hydrogens (tertiary/aromatic N) is 6. The summed E-state index contributed by atoms with van der Waals surface area (Å²) in [5, 5.41) is 14.1. The van der Waals surface area contributed by atoms with Crippen LogP contribution in [0.4, 0.5) is 0 Å². The quantitative estimate of drug-likeness (QED) is 0.122. The average Bonchev–Trinajstić information content (AvgIpc) is 1.56. The van der Waals surface area contributed by atoms with E-state index in [0.29, 0.717) is 30.7 Å². The predicted molar refractivity (Wildman–Crippen MR) is 567 cm³/mol. The Balaban J connectivity index is 0.626. The second-order valence-electron chi connectivity index (χ2n) is 36.6. The lowest BCUT2D eigenvalue weighted by molar-refractivity contribution is 0.597. The van der Waals surface area contributed by atoms with E-state index in [4.69, 9.17) is 0 Å². The second kappa shape index (κ2) is 29.4. The molecule has 2 aliphatic heterocycles. The van der Waals surface area contributed by atoms with Gasteiger partial charge in [0.25, 0.3) is 0 Å². The molecule has 0 N–H and O–H groups in total. The van der Waals surface area contributed by atoms with Crippen LogP contribution in [0.1, 0.15) is 0 Å². The molecule has 0 saturated carbocycles. The minimum absolute atomic E-state index is 0.308. The van der Waals surface area contributed by atoms with E-state index in [-0.39, 0.29) is 0 Å². The molecule has 10 nitrogen and oxygen atoms in total. The van der Waals surface area contributed by atoms with Crippen LogP contribution in [0.25, 0.3) is 254 Å². The van der Waals surface area contributed by atoms with Crippen LogP contribution in [0.2, 0.25) is 0 Å². The van der Waals surface area contributed by atoms with Crippen molar-refractivity contribution in [3.63, 3.8) is 0 Å². The summed E-state index contributed by atoms with van der Waals surface area (Å²) in [5.41, 5.74) is 33.6. The van der Waals surface area contributed by atoms with Crippen molar-refractivity contribution in [3.05, 3.63) is 461 Å². The van der Waals surface area contributed by atoms with E-state index in [9.17, 15) is 16.8 Å². The van der Waals surface area contributed by atoms with Crippen molar-refractivity contribution < 1.29 is 16.8 Å². The highest BCUT2D eigenvalue weighted by Crippen LogP contribution is 2.52. The maximum Gasteiger partial charge on any atom is 0.207 e. The molecule has 27 aromatic rings. The molecular weight excluding hydrogens is 1730 g/mol.